The number of aryl methyl sites for hydroxylation is 1. The van der Waals surface area contributed by atoms with E-state index in [1.165, 1.54) is 18.4 Å². The summed E-state index contributed by atoms with van der Waals surface area (Å²) in [5.74, 6) is 0.994. The summed E-state index contributed by atoms with van der Waals surface area (Å²) in [6.07, 6.45) is 1.83. The molecule has 2 heterocycles. The molecular weight excluding hydrogens is 512 g/mol. The maximum Gasteiger partial charge on any atom is 0.338 e. The van der Waals surface area contributed by atoms with Crippen LogP contribution in [0.5, 0.6) is 11.5 Å². The predicted molar refractivity (Wildman–Crippen MR) is 151 cm³/mol. The number of hydrogen-bond acceptors (Lipinski definition) is 7. The Morgan fingerprint density at radius 2 is 1.74 bits per heavy atom. The number of methoxy groups -OCH3 is 2. The fourth-order valence-electron chi connectivity index (χ4n) is 4.67. The zero-order valence-corrected chi connectivity index (χ0v) is 23.0. The van der Waals surface area contributed by atoms with Crippen LogP contribution >= 0.6 is 11.3 Å². The monoisotopic (exact) mass is 540 g/mol. The van der Waals surface area contributed by atoms with E-state index in [0.717, 1.165) is 28.0 Å². The number of benzene rings is 3. The summed E-state index contributed by atoms with van der Waals surface area (Å²) >= 11 is 1.29. The first kappa shape index (κ1) is 26.2. The average molecular weight is 541 g/mol. The van der Waals surface area contributed by atoms with E-state index in [4.69, 9.17) is 14.2 Å². The summed E-state index contributed by atoms with van der Waals surface area (Å²) in [4.78, 5) is 31.7. The van der Waals surface area contributed by atoms with E-state index < -0.39 is 12.0 Å². The molecule has 0 aliphatic carbocycles. The molecule has 5 rings (SSSR count). The number of aromatic nitrogens is 1. The number of esters is 1. The summed E-state index contributed by atoms with van der Waals surface area (Å²) < 4.78 is 18.8. The van der Waals surface area contributed by atoms with E-state index >= 15 is 0 Å². The lowest BCUT2D eigenvalue weighted by atomic mass is 9.96. The molecule has 3 aromatic carbocycles. The van der Waals surface area contributed by atoms with Crippen LogP contribution in [0, 0.1) is 6.92 Å². The number of rotatable bonds is 7. The Morgan fingerprint density at radius 3 is 2.46 bits per heavy atom. The third-order valence-corrected chi connectivity index (χ3v) is 7.60. The molecule has 1 aromatic heterocycles. The predicted octanol–water partition coefficient (Wildman–Crippen LogP) is 4.30. The molecule has 0 saturated heterocycles. The van der Waals surface area contributed by atoms with Crippen molar-refractivity contribution >= 4 is 23.4 Å². The maximum atomic E-state index is 13.8. The Morgan fingerprint density at radius 1 is 1.00 bits per heavy atom. The van der Waals surface area contributed by atoms with Crippen LogP contribution in [0.4, 0.5) is 0 Å². The molecule has 1 unspecified atom stereocenters. The van der Waals surface area contributed by atoms with Crippen LogP contribution in [-0.2, 0) is 16.1 Å². The molecule has 8 heteroatoms. The number of thiazole rings is 1. The average Bonchev–Trinajstić information content (AvgIpc) is 3.25. The lowest BCUT2D eigenvalue weighted by Gasteiger charge is -2.24. The van der Waals surface area contributed by atoms with Gasteiger partial charge in [0.2, 0.25) is 0 Å². The van der Waals surface area contributed by atoms with Gasteiger partial charge in [0.1, 0.15) is 18.1 Å². The summed E-state index contributed by atoms with van der Waals surface area (Å²) in [5.41, 5.74) is 4.18. The van der Waals surface area contributed by atoms with E-state index in [1.807, 2.05) is 85.8 Å². The Labute approximate surface area is 229 Å². The van der Waals surface area contributed by atoms with Gasteiger partial charge in [-0.3, -0.25) is 9.36 Å². The topological polar surface area (TPSA) is 79.1 Å². The summed E-state index contributed by atoms with van der Waals surface area (Å²) in [6, 6.07) is 22.4. The highest BCUT2D eigenvalue weighted by Gasteiger charge is 2.32. The highest BCUT2D eigenvalue weighted by atomic mass is 32.1. The zero-order valence-electron chi connectivity index (χ0n) is 22.1. The highest BCUT2D eigenvalue weighted by Crippen LogP contribution is 2.30. The molecule has 0 saturated carbocycles. The molecule has 4 aromatic rings. The second-order valence-electron chi connectivity index (χ2n) is 9.11. The molecule has 39 heavy (non-hydrogen) atoms. The van der Waals surface area contributed by atoms with Gasteiger partial charge >= 0.3 is 5.97 Å². The van der Waals surface area contributed by atoms with Crippen molar-refractivity contribution in [3.8, 4) is 11.5 Å². The van der Waals surface area contributed by atoms with Crippen molar-refractivity contribution < 1.29 is 19.0 Å². The Hall–Kier alpha value is -4.43. The third-order valence-electron chi connectivity index (χ3n) is 6.62. The maximum absolute atomic E-state index is 13.8. The molecule has 0 fully saturated rings. The largest absolute Gasteiger partial charge is 0.496 e. The number of carbonyl (C=O) groups excluding carboxylic acids is 1. The number of nitrogens with zero attached hydrogens (tertiary/aromatic N) is 2. The number of allylic oxidation sites excluding steroid dienone is 1. The minimum absolute atomic E-state index is 0.227. The van der Waals surface area contributed by atoms with Crippen LogP contribution in [0.3, 0.4) is 0 Å². The second kappa shape index (κ2) is 11.1. The van der Waals surface area contributed by atoms with Gasteiger partial charge in [-0.05, 0) is 54.8 Å². The van der Waals surface area contributed by atoms with Gasteiger partial charge in [-0.15, -0.1) is 0 Å². The summed E-state index contributed by atoms with van der Waals surface area (Å²) in [5, 5.41) is 0. The molecule has 7 nitrogen and oxygen atoms in total. The molecule has 1 aliphatic heterocycles. The highest BCUT2D eigenvalue weighted by molar-refractivity contribution is 7.07. The molecule has 1 aliphatic rings. The van der Waals surface area contributed by atoms with Crippen molar-refractivity contribution in [3.63, 3.8) is 0 Å². The normalized spacial score (nSPS) is 15.0. The van der Waals surface area contributed by atoms with E-state index in [0.29, 0.717) is 33.0 Å². The minimum Gasteiger partial charge on any atom is -0.496 e. The van der Waals surface area contributed by atoms with E-state index in [2.05, 4.69) is 4.99 Å². The van der Waals surface area contributed by atoms with Crippen LogP contribution in [0.25, 0.3) is 6.08 Å². The minimum atomic E-state index is -0.633. The standard InChI is InChI=1S/C31H28N2O5S/c1-19-10-8-9-13-24(19)38-18-23-16-21(14-15-25(23)36-3)17-26-29(34)33-28(22-11-6-5-7-12-22)27(30(35)37-4)20(2)32-31(33)39-26/h5-17,28H,18H2,1-4H3/b26-17+. The number of para-hydroxylation sites is 1. The Bertz CT molecular complexity index is 1750. The van der Waals surface area contributed by atoms with Crippen LogP contribution in [0.1, 0.15) is 35.2 Å². The van der Waals surface area contributed by atoms with Gasteiger partial charge in [0.25, 0.3) is 5.56 Å². The molecule has 0 bridgehead atoms. The van der Waals surface area contributed by atoms with E-state index in [-0.39, 0.29) is 5.56 Å². The van der Waals surface area contributed by atoms with Crippen molar-refractivity contribution in [2.45, 2.75) is 26.5 Å². The van der Waals surface area contributed by atoms with Crippen LogP contribution in [0.15, 0.2) is 93.9 Å². The quantitative estimate of drug-likeness (QED) is 0.327. The van der Waals surface area contributed by atoms with Crippen molar-refractivity contribution in [3.05, 3.63) is 126 Å². The molecule has 0 radical (unpaired) electrons. The first-order chi connectivity index (χ1) is 18.9. The lowest BCUT2D eigenvalue weighted by molar-refractivity contribution is -0.136. The van der Waals surface area contributed by atoms with E-state index in [1.54, 1.807) is 18.6 Å². The van der Waals surface area contributed by atoms with Crippen LogP contribution in [-0.4, -0.2) is 24.8 Å². The molecular formula is C31H28N2O5S. The number of carbonyl (C=O) groups is 1. The van der Waals surface area contributed by atoms with Crippen LogP contribution < -0.4 is 24.4 Å². The number of hydrogen-bond donors (Lipinski definition) is 0. The first-order valence-electron chi connectivity index (χ1n) is 12.4. The number of fused-ring (bicyclic) bond motifs is 1. The van der Waals surface area contributed by atoms with Crippen molar-refractivity contribution in [2.24, 2.45) is 4.99 Å². The molecule has 0 spiro atoms. The molecule has 0 amide bonds. The van der Waals surface area contributed by atoms with Gasteiger partial charge in [-0.25, -0.2) is 9.79 Å². The van der Waals surface area contributed by atoms with Gasteiger partial charge in [0.15, 0.2) is 4.80 Å². The fourth-order valence-corrected chi connectivity index (χ4v) is 5.72. The first-order valence-corrected chi connectivity index (χ1v) is 13.2. The number of ether oxygens (including phenoxy) is 3. The van der Waals surface area contributed by atoms with E-state index in [9.17, 15) is 9.59 Å². The van der Waals surface area contributed by atoms with Gasteiger partial charge in [-0.2, -0.15) is 0 Å². The summed E-state index contributed by atoms with van der Waals surface area (Å²) in [7, 11) is 2.95. The third kappa shape index (κ3) is 5.15. The molecule has 1 atom stereocenters. The van der Waals surface area contributed by atoms with Crippen LogP contribution in [0.2, 0.25) is 0 Å². The smallest absolute Gasteiger partial charge is 0.338 e. The second-order valence-corrected chi connectivity index (χ2v) is 10.1. The van der Waals surface area contributed by atoms with Gasteiger partial charge in [0.05, 0.1) is 36.1 Å². The van der Waals surface area contributed by atoms with Gasteiger partial charge in [0, 0.05) is 5.56 Å². The van der Waals surface area contributed by atoms with Crippen molar-refractivity contribution in [1.82, 2.24) is 4.57 Å². The van der Waals surface area contributed by atoms with Gasteiger partial charge in [-0.1, -0.05) is 65.9 Å². The van der Waals surface area contributed by atoms with Gasteiger partial charge < -0.3 is 14.2 Å². The Kier molecular flexibility index (Phi) is 7.47. The SMILES string of the molecule is COC(=O)C1=C(C)N=c2s/c(=C/c3ccc(OC)c(COc4ccccc4C)c3)c(=O)n2C1c1ccccc1. The molecule has 198 valence electrons. The Balaban J connectivity index is 1.58. The molecule has 0 N–H and O–H groups in total. The zero-order chi connectivity index (χ0) is 27.5. The van der Waals surface area contributed by atoms with Crippen molar-refractivity contribution in [2.75, 3.05) is 14.2 Å². The van der Waals surface area contributed by atoms with Crippen molar-refractivity contribution in [1.29, 1.82) is 0 Å². The lowest BCUT2D eigenvalue weighted by Crippen LogP contribution is -2.39. The summed E-state index contributed by atoms with van der Waals surface area (Å²) in [6.45, 7) is 4.08. The fraction of sp³-hybridized carbons (Fsp3) is 0.194.